The van der Waals surface area contributed by atoms with E-state index in [1.54, 1.807) is 4.57 Å². The molecular weight excluding hydrogens is 450 g/mol. The Hall–Kier alpha value is -3.32. The second kappa shape index (κ2) is 10.7. The highest BCUT2D eigenvalue weighted by atomic mass is 16.2. The number of imidazole rings is 1. The summed E-state index contributed by atoms with van der Waals surface area (Å²) in [5.41, 5.74) is 3.55. The number of carbonyl (C=O) groups excluding carboxylic acids is 1. The predicted octanol–water partition coefficient (Wildman–Crippen LogP) is 4.87. The van der Waals surface area contributed by atoms with E-state index in [2.05, 4.69) is 23.6 Å². The van der Waals surface area contributed by atoms with Gasteiger partial charge in [0.25, 0.3) is 0 Å². The van der Waals surface area contributed by atoms with Gasteiger partial charge in [0.05, 0.1) is 11.0 Å². The summed E-state index contributed by atoms with van der Waals surface area (Å²) in [6, 6.07) is 18.4. The van der Waals surface area contributed by atoms with E-state index in [1.807, 2.05) is 63.8 Å². The predicted molar refractivity (Wildman–Crippen MR) is 146 cm³/mol. The quantitative estimate of drug-likeness (QED) is 0.499. The zero-order valence-electron chi connectivity index (χ0n) is 21.3. The molecule has 7 heteroatoms. The molecule has 7 nitrogen and oxygen atoms in total. The molecule has 3 heterocycles. The molecule has 2 aromatic carbocycles. The van der Waals surface area contributed by atoms with Gasteiger partial charge in [-0.2, -0.15) is 0 Å². The Morgan fingerprint density at radius 1 is 0.889 bits per heavy atom. The van der Waals surface area contributed by atoms with Gasteiger partial charge >= 0.3 is 11.7 Å². The van der Waals surface area contributed by atoms with E-state index in [0.29, 0.717) is 6.54 Å². The SMILES string of the molecule is C=C(C)n1c(=O)n(CCN2CCC(N(C(=O)N3CCCCC3)c3ccccc3)CC2)c2ccccc21. The van der Waals surface area contributed by atoms with Crippen LogP contribution < -0.4 is 10.6 Å². The van der Waals surface area contributed by atoms with Crippen LogP contribution in [0.1, 0.15) is 39.0 Å². The number of piperidine rings is 2. The van der Waals surface area contributed by atoms with Gasteiger partial charge in [0.2, 0.25) is 0 Å². The molecule has 1 aromatic heterocycles. The molecule has 2 aliphatic rings. The maximum Gasteiger partial charge on any atom is 0.333 e. The number of benzene rings is 2. The first kappa shape index (κ1) is 24.4. The Kier molecular flexibility index (Phi) is 7.28. The topological polar surface area (TPSA) is 53.7 Å². The second-order valence-corrected chi connectivity index (χ2v) is 10.1. The van der Waals surface area contributed by atoms with Crippen LogP contribution in [-0.2, 0) is 6.54 Å². The number of hydrogen-bond donors (Lipinski definition) is 0. The van der Waals surface area contributed by atoms with Crippen molar-refractivity contribution >= 4 is 28.4 Å². The van der Waals surface area contributed by atoms with Crippen LogP contribution in [0.2, 0.25) is 0 Å². The van der Waals surface area contributed by atoms with E-state index in [-0.39, 0.29) is 17.8 Å². The Labute approximate surface area is 213 Å². The number of allylic oxidation sites excluding steroid dienone is 1. The van der Waals surface area contributed by atoms with Gasteiger partial charge in [-0.25, -0.2) is 9.59 Å². The van der Waals surface area contributed by atoms with Crippen LogP contribution in [0.5, 0.6) is 0 Å². The van der Waals surface area contributed by atoms with E-state index in [1.165, 1.54) is 6.42 Å². The summed E-state index contributed by atoms with van der Waals surface area (Å²) in [5.74, 6) is 0. The maximum atomic E-state index is 13.6. The van der Waals surface area contributed by atoms with E-state index in [0.717, 1.165) is 80.8 Å². The lowest BCUT2D eigenvalue weighted by molar-refractivity contribution is 0.175. The molecule has 2 aliphatic heterocycles. The van der Waals surface area contributed by atoms with Crippen LogP contribution in [0, 0.1) is 0 Å². The fourth-order valence-electron chi connectivity index (χ4n) is 5.74. The highest BCUT2D eigenvalue weighted by Gasteiger charge is 2.32. The Balaban J connectivity index is 1.27. The fraction of sp³-hybridized carbons (Fsp3) is 0.448. The maximum absolute atomic E-state index is 13.6. The van der Waals surface area contributed by atoms with Crippen molar-refractivity contribution in [1.29, 1.82) is 0 Å². The van der Waals surface area contributed by atoms with Crippen molar-refractivity contribution < 1.29 is 4.79 Å². The molecule has 5 rings (SSSR count). The van der Waals surface area contributed by atoms with Gasteiger partial charge in [0, 0.05) is 56.7 Å². The molecule has 36 heavy (non-hydrogen) atoms. The third-order valence-electron chi connectivity index (χ3n) is 7.65. The molecule has 0 bridgehead atoms. The lowest BCUT2D eigenvalue weighted by Gasteiger charge is -2.41. The number of fused-ring (bicyclic) bond motifs is 1. The van der Waals surface area contributed by atoms with E-state index in [4.69, 9.17) is 0 Å². The molecule has 2 amide bonds. The highest BCUT2D eigenvalue weighted by Crippen LogP contribution is 2.26. The average Bonchev–Trinajstić information content (AvgIpc) is 3.20. The molecule has 3 aromatic rings. The normalized spacial score (nSPS) is 17.4. The standard InChI is InChI=1S/C29H37N5O2/c1-23(2)33-27-14-8-7-13-26(27)32(29(33)36)22-21-30-19-15-25(16-20-30)34(24-11-5-3-6-12-24)28(35)31-17-9-4-10-18-31/h3,5-8,11-14,25H,1,4,9-10,15-22H2,2H3. The monoisotopic (exact) mass is 487 g/mol. The number of para-hydroxylation sites is 3. The van der Waals surface area contributed by atoms with Gasteiger partial charge in [-0.15, -0.1) is 0 Å². The Morgan fingerprint density at radius 3 is 2.19 bits per heavy atom. The molecule has 2 saturated heterocycles. The molecule has 0 N–H and O–H groups in total. The molecule has 0 aliphatic carbocycles. The molecule has 0 saturated carbocycles. The smallest absolute Gasteiger partial charge is 0.324 e. The molecule has 0 atom stereocenters. The van der Waals surface area contributed by atoms with Gasteiger partial charge < -0.3 is 9.80 Å². The van der Waals surface area contributed by atoms with Gasteiger partial charge in [-0.1, -0.05) is 36.9 Å². The molecular formula is C29H37N5O2. The van der Waals surface area contributed by atoms with Crippen molar-refractivity contribution in [2.24, 2.45) is 0 Å². The number of nitrogens with zero attached hydrogens (tertiary/aromatic N) is 5. The number of rotatable bonds is 6. The number of urea groups is 1. The van der Waals surface area contributed by atoms with Crippen molar-refractivity contribution in [3.8, 4) is 0 Å². The first-order valence-electron chi connectivity index (χ1n) is 13.3. The lowest BCUT2D eigenvalue weighted by atomic mass is 10.0. The number of aromatic nitrogens is 2. The second-order valence-electron chi connectivity index (χ2n) is 10.1. The van der Waals surface area contributed by atoms with E-state index < -0.39 is 0 Å². The summed E-state index contributed by atoms with van der Waals surface area (Å²) in [7, 11) is 0. The van der Waals surface area contributed by atoms with Gasteiger partial charge in [-0.3, -0.25) is 14.0 Å². The summed E-state index contributed by atoms with van der Waals surface area (Å²) in [5, 5.41) is 0. The number of anilines is 1. The zero-order chi connectivity index (χ0) is 25.1. The molecule has 190 valence electrons. The van der Waals surface area contributed by atoms with Crippen LogP contribution >= 0.6 is 0 Å². The minimum absolute atomic E-state index is 0.0269. The number of carbonyl (C=O) groups is 1. The summed E-state index contributed by atoms with van der Waals surface area (Å²) in [4.78, 5) is 33.2. The average molecular weight is 488 g/mol. The number of hydrogen-bond acceptors (Lipinski definition) is 3. The summed E-state index contributed by atoms with van der Waals surface area (Å²) >= 11 is 0. The van der Waals surface area contributed by atoms with Crippen LogP contribution in [0.15, 0.2) is 66.0 Å². The fourth-order valence-corrected chi connectivity index (χ4v) is 5.74. The summed E-state index contributed by atoms with van der Waals surface area (Å²) < 4.78 is 3.57. The van der Waals surface area contributed by atoms with Gasteiger partial charge in [0.15, 0.2) is 0 Å². The number of likely N-dealkylation sites (tertiary alicyclic amines) is 2. The van der Waals surface area contributed by atoms with Gasteiger partial charge in [-0.05, 0) is 63.3 Å². The largest absolute Gasteiger partial charge is 0.333 e. The van der Waals surface area contributed by atoms with E-state index >= 15 is 0 Å². The molecule has 0 radical (unpaired) electrons. The van der Waals surface area contributed by atoms with Crippen LogP contribution in [0.3, 0.4) is 0 Å². The van der Waals surface area contributed by atoms with Crippen molar-refractivity contribution in [2.45, 2.75) is 51.6 Å². The summed E-state index contributed by atoms with van der Waals surface area (Å²) in [6.07, 6.45) is 5.25. The third-order valence-corrected chi connectivity index (χ3v) is 7.65. The molecule has 0 spiro atoms. The zero-order valence-corrected chi connectivity index (χ0v) is 21.3. The Bertz CT molecular complexity index is 1260. The minimum Gasteiger partial charge on any atom is -0.324 e. The van der Waals surface area contributed by atoms with Crippen molar-refractivity contribution in [3.05, 3.63) is 71.7 Å². The van der Waals surface area contributed by atoms with E-state index in [9.17, 15) is 9.59 Å². The first-order valence-corrected chi connectivity index (χ1v) is 13.3. The van der Waals surface area contributed by atoms with Crippen LogP contribution in [0.4, 0.5) is 10.5 Å². The summed E-state index contributed by atoms with van der Waals surface area (Å²) in [6.45, 7) is 10.8. The third kappa shape index (κ3) is 4.85. The number of amides is 2. The van der Waals surface area contributed by atoms with Crippen molar-refractivity contribution in [2.75, 3.05) is 37.6 Å². The molecule has 0 unspecified atom stereocenters. The molecule has 2 fully saturated rings. The van der Waals surface area contributed by atoms with Crippen LogP contribution in [0.25, 0.3) is 16.7 Å². The van der Waals surface area contributed by atoms with Gasteiger partial charge in [0.1, 0.15) is 0 Å². The Morgan fingerprint density at radius 2 is 1.53 bits per heavy atom. The lowest BCUT2D eigenvalue weighted by Crippen LogP contribution is -2.53. The van der Waals surface area contributed by atoms with Crippen molar-refractivity contribution in [3.63, 3.8) is 0 Å². The highest BCUT2D eigenvalue weighted by molar-refractivity contribution is 5.92. The minimum atomic E-state index is -0.0269. The van der Waals surface area contributed by atoms with Crippen LogP contribution in [-0.4, -0.2) is 63.7 Å². The first-order chi connectivity index (χ1) is 17.5. The van der Waals surface area contributed by atoms with Crippen molar-refractivity contribution in [1.82, 2.24) is 18.9 Å².